The predicted octanol–water partition coefficient (Wildman–Crippen LogP) is 3.54. The molecular weight excluding hydrogens is 273 g/mol. The van der Waals surface area contributed by atoms with Crippen molar-refractivity contribution in [1.29, 1.82) is 0 Å². The molecule has 0 atom stereocenters. The van der Waals surface area contributed by atoms with Crippen LogP contribution in [0.4, 0.5) is 24.5 Å². The Hall–Kier alpha value is -2.57. The predicted molar refractivity (Wildman–Crippen MR) is 65.9 cm³/mol. The lowest BCUT2D eigenvalue weighted by Crippen LogP contribution is -2.08. The Morgan fingerprint density at radius 1 is 1.10 bits per heavy atom. The Morgan fingerprint density at radius 3 is 2.30 bits per heavy atom. The first-order valence-corrected chi connectivity index (χ1v) is 5.50. The Bertz CT molecular complexity index is 624. The molecule has 2 N–H and O–H groups in total. The minimum Gasteiger partial charge on any atom is -0.478 e. The van der Waals surface area contributed by atoms with Gasteiger partial charge in [-0.15, -0.1) is 0 Å². The van der Waals surface area contributed by atoms with E-state index in [4.69, 9.17) is 5.11 Å². The van der Waals surface area contributed by atoms with E-state index in [9.17, 15) is 18.0 Å². The molecule has 0 saturated heterocycles. The number of nitrogens with one attached hydrogen (secondary N) is 1. The molecule has 0 aliphatic carbocycles. The van der Waals surface area contributed by atoms with Gasteiger partial charge in [-0.1, -0.05) is 0 Å². The van der Waals surface area contributed by atoms with E-state index < -0.39 is 17.8 Å². The van der Waals surface area contributed by atoms with Crippen LogP contribution in [0.25, 0.3) is 0 Å². The summed E-state index contributed by atoms with van der Waals surface area (Å²) in [5.74, 6) is -1.07. The van der Waals surface area contributed by atoms with Crippen molar-refractivity contribution in [1.82, 2.24) is 4.98 Å². The molecule has 20 heavy (non-hydrogen) atoms. The number of carbonyl (C=O) groups is 1. The van der Waals surface area contributed by atoms with Crippen LogP contribution in [-0.4, -0.2) is 16.1 Å². The van der Waals surface area contributed by atoms with E-state index in [1.807, 2.05) is 0 Å². The number of anilines is 2. The molecule has 0 spiro atoms. The highest BCUT2D eigenvalue weighted by atomic mass is 19.4. The summed E-state index contributed by atoms with van der Waals surface area (Å²) in [5, 5.41) is 11.5. The molecule has 1 aromatic heterocycles. The summed E-state index contributed by atoms with van der Waals surface area (Å²) >= 11 is 0. The van der Waals surface area contributed by atoms with Crippen LogP contribution in [0.15, 0.2) is 42.6 Å². The molecule has 0 aliphatic rings. The van der Waals surface area contributed by atoms with Gasteiger partial charge in [-0.3, -0.25) is 4.98 Å². The number of halogens is 3. The largest absolute Gasteiger partial charge is 0.478 e. The van der Waals surface area contributed by atoms with E-state index >= 15 is 0 Å². The summed E-state index contributed by atoms with van der Waals surface area (Å²) in [6.45, 7) is 0. The molecule has 7 heteroatoms. The molecule has 1 aromatic carbocycles. The summed E-state index contributed by atoms with van der Waals surface area (Å²) in [7, 11) is 0. The van der Waals surface area contributed by atoms with Crippen LogP contribution in [0.3, 0.4) is 0 Å². The second-order valence-electron chi connectivity index (χ2n) is 3.94. The van der Waals surface area contributed by atoms with Gasteiger partial charge in [-0.2, -0.15) is 13.2 Å². The fraction of sp³-hybridized carbons (Fsp3) is 0.0769. The Balaban J connectivity index is 2.20. The number of alkyl halides is 3. The van der Waals surface area contributed by atoms with Crippen molar-refractivity contribution in [2.24, 2.45) is 0 Å². The molecule has 2 aromatic rings. The molecule has 0 fully saturated rings. The highest BCUT2D eigenvalue weighted by Crippen LogP contribution is 2.29. The van der Waals surface area contributed by atoms with Crippen LogP contribution < -0.4 is 5.32 Å². The smallest absolute Gasteiger partial charge is 0.433 e. The number of carboxylic acid groups (broad SMARTS) is 1. The maximum Gasteiger partial charge on any atom is 0.433 e. The number of nitrogens with zero attached hydrogens (tertiary/aromatic N) is 1. The summed E-state index contributed by atoms with van der Waals surface area (Å²) in [6.07, 6.45) is -3.46. The molecule has 0 radical (unpaired) electrons. The number of aromatic carboxylic acids is 1. The fourth-order valence-corrected chi connectivity index (χ4v) is 1.53. The summed E-state index contributed by atoms with van der Waals surface area (Å²) < 4.78 is 37.5. The van der Waals surface area contributed by atoms with Gasteiger partial charge in [-0.25, -0.2) is 4.79 Å². The van der Waals surface area contributed by atoms with E-state index in [0.29, 0.717) is 5.69 Å². The van der Waals surface area contributed by atoms with E-state index in [2.05, 4.69) is 10.3 Å². The van der Waals surface area contributed by atoms with E-state index in [0.717, 1.165) is 12.3 Å². The molecule has 104 valence electrons. The van der Waals surface area contributed by atoms with Crippen LogP contribution in [0.5, 0.6) is 0 Å². The minimum atomic E-state index is -4.51. The SMILES string of the molecule is O=C(O)c1ccc(Nc2ccnc(C(F)(F)F)c2)cc1. The summed E-state index contributed by atoms with van der Waals surface area (Å²) in [6, 6.07) is 7.92. The van der Waals surface area contributed by atoms with Crippen LogP contribution >= 0.6 is 0 Å². The lowest BCUT2D eigenvalue weighted by Gasteiger charge is -2.10. The van der Waals surface area contributed by atoms with Crippen molar-refractivity contribution >= 4 is 17.3 Å². The number of pyridine rings is 1. The molecule has 2 rings (SSSR count). The zero-order chi connectivity index (χ0) is 14.8. The standard InChI is InChI=1S/C13H9F3N2O2/c14-13(15,16)11-7-10(5-6-17-11)18-9-3-1-8(2-4-9)12(19)20/h1-7H,(H,17,18)(H,19,20). The fourth-order valence-electron chi connectivity index (χ4n) is 1.53. The number of rotatable bonds is 3. The molecule has 0 unspecified atom stereocenters. The first-order valence-electron chi connectivity index (χ1n) is 5.50. The van der Waals surface area contributed by atoms with Gasteiger partial charge < -0.3 is 10.4 Å². The molecule has 0 bridgehead atoms. The van der Waals surface area contributed by atoms with E-state index in [-0.39, 0.29) is 11.3 Å². The van der Waals surface area contributed by atoms with Crippen LogP contribution in [-0.2, 0) is 6.18 Å². The Kier molecular flexibility index (Phi) is 3.60. The number of aromatic nitrogens is 1. The van der Waals surface area contributed by atoms with Crippen molar-refractivity contribution in [3.8, 4) is 0 Å². The van der Waals surface area contributed by atoms with Crippen LogP contribution in [0.1, 0.15) is 16.1 Å². The average Bonchev–Trinajstić information content (AvgIpc) is 2.38. The lowest BCUT2D eigenvalue weighted by molar-refractivity contribution is -0.141. The van der Waals surface area contributed by atoms with Gasteiger partial charge in [0.25, 0.3) is 0 Å². The van der Waals surface area contributed by atoms with Crippen molar-refractivity contribution in [2.45, 2.75) is 6.18 Å². The summed E-state index contributed by atoms with van der Waals surface area (Å²) in [5.41, 5.74) is -0.198. The minimum absolute atomic E-state index is 0.0984. The van der Waals surface area contributed by atoms with Crippen molar-refractivity contribution < 1.29 is 23.1 Å². The van der Waals surface area contributed by atoms with Crippen LogP contribution in [0.2, 0.25) is 0 Å². The second kappa shape index (κ2) is 5.20. The first-order chi connectivity index (χ1) is 9.36. The lowest BCUT2D eigenvalue weighted by atomic mass is 10.2. The molecule has 1 heterocycles. The number of hydrogen-bond acceptors (Lipinski definition) is 3. The van der Waals surface area contributed by atoms with Gasteiger partial charge in [0.15, 0.2) is 0 Å². The van der Waals surface area contributed by atoms with Gasteiger partial charge in [0.2, 0.25) is 0 Å². The van der Waals surface area contributed by atoms with E-state index in [1.54, 1.807) is 0 Å². The normalized spacial score (nSPS) is 11.2. The third kappa shape index (κ3) is 3.25. The van der Waals surface area contributed by atoms with Gasteiger partial charge in [-0.05, 0) is 36.4 Å². The van der Waals surface area contributed by atoms with Crippen LogP contribution in [0, 0.1) is 0 Å². The maximum atomic E-state index is 12.5. The van der Waals surface area contributed by atoms with Gasteiger partial charge >= 0.3 is 12.1 Å². The van der Waals surface area contributed by atoms with Gasteiger partial charge in [0.05, 0.1) is 5.56 Å². The quantitative estimate of drug-likeness (QED) is 0.903. The topological polar surface area (TPSA) is 62.2 Å². The van der Waals surface area contributed by atoms with Crippen molar-refractivity contribution in [3.05, 3.63) is 53.9 Å². The Labute approximate surface area is 111 Å². The Morgan fingerprint density at radius 2 is 1.75 bits per heavy atom. The molecule has 4 nitrogen and oxygen atoms in total. The summed E-state index contributed by atoms with van der Waals surface area (Å²) in [4.78, 5) is 13.9. The monoisotopic (exact) mass is 282 g/mol. The third-order valence-corrected chi connectivity index (χ3v) is 2.47. The maximum absolute atomic E-state index is 12.5. The molecule has 0 aliphatic heterocycles. The number of benzene rings is 1. The molecule has 0 saturated carbocycles. The number of carboxylic acids is 1. The molecule has 0 amide bonds. The first kappa shape index (κ1) is 13.9. The average molecular weight is 282 g/mol. The van der Waals surface area contributed by atoms with E-state index in [1.165, 1.54) is 30.3 Å². The third-order valence-electron chi connectivity index (χ3n) is 2.47. The van der Waals surface area contributed by atoms with Crippen molar-refractivity contribution in [2.75, 3.05) is 5.32 Å². The number of hydrogen-bond donors (Lipinski definition) is 2. The van der Waals surface area contributed by atoms with Gasteiger partial charge in [0.1, 0.15) is 5.69 Å². The molecular formula is C13H9F3N2O2. The highest BCUT2D eigenvalue weighted by Gasteiger charge is 2.32. The zero-order valence-corrected chi connectivity index (χ0v) is 9.98. The van der Waals surface area contributed by atoms with Gasteiger partial charge in [0, 0.05) is 17.6 Å². The van der Waals surface area contributed by atoms with Crippen molar-refractivity contribution in [3.63, 3.8) is 0 Å². The second-order valence-corrected chi connectivity index (χ2v) is 3.94. The zero-order valence-electron chi connectivity index (χ0n) is 9.98. The highest BCUT2D eigenvalue weighted by molar-refractivity contribution is 5.88.